The molecule has 3 atom stereocenters. The van der Waals surface area contributed by atoms with Crippen LogP contribution in [0.4, 0.5) is 0 Å². The first-order valence-corrected chi connectivity index (χ1v) is 13.0. The Hall–Kier alpha value is -4.27. The molecular formula is C35H27ClO2. The highest BCUT2D eigenvalue weighted by atomic mass is 35.5. The van der Waals surface area contributed by atoms with E-state index in [-0.39, 0.29) is 11.6 Å². The summed E-state index contributed by atoms with van der Waals surface area (Å²) < 4.78 is 0. The second-order valence-electron chi connectivity index (χ2n) is 9.31. The van der Waals surface area contributed by atoms with Crippen LogP contribution in [-0.2, 0) is 0 Å². The van der Waals surface area contributed by atoms with Gasteiger partial charge in [-0.1, -0.05) is 145 Å². The Balaban J connectivity index is 1.78. The highest BCUT2D eigenvalue weighted by molar-refractivity contribution is 6.30. The molecule has 186 valence electrons. The van der Waals surface area contributed by atoms with Crippen molar-refractivity contribution in [2.24, 2.45) is 0 Å². The predicted molar refractivity (Wildman–Crippen MR) is 154 cm³/mol. The number of rotatable bonds is 9. The van der Waals surface area contributed by atoms with E-state index in [1.54, 1.807) is 0 Å². The molecule has 0 spiro atoms. The van der Waals surface area contributed by atoms with Crippen LogP contribution in [0.2, 0.25) is 5.02 Å². The van der Waals surface area contributed by atoms with Crippen molar-refractivity contribution in [3.8, 4) is 0 Å². The van der Waals surface area contributed by atoms with Gasteiger partial charge in [0.05, 0.1) is 11.8 Å². The fourth-order valence-corrected chi connectivity index (χ4v) is 5.32. The van der Waals surface area contributed by atoms with Crippen LogP contribution in [0.15, 0.2) is 146 Å². The molecule has 5 aromatic carbocycles. The molecule has 38 heavy (non-hydrogen) atoms. The quantitative estimate of drug-likeness (QED) is 0.184. The van der Waals surface area contributed by atoms with Gasteiger partial charge in [-0.2, -0.15) is 0 Å². The average molecular weight is 515 g/mol. The summed E-state index contributed by atoms with van der Waals surface area (Å²) in [6, 6.07) is 45.7. The fourth-order valence-electron chi connectivity index (χ4n) is 5.19. The third-order valence-electron chi connectivity index (χ3n) is 6.97. The van der Waals surface area contributed by atoms with Gasteiger partial charge in [0.25, 0.3) is 0 Å². The first kappa shape index (κ1) is 25.4. The first-order valence-electron chi connectivity index (χ1n) is 12.7. The van der Waals surface area contributed by atoms with E-state index in [9.17, 15) is 9.59 Å². The molecule has 0 aliphatic heterocycles. The summed E-state index contributed by atoms with van der Waals surface area (Å²) in [5.74, 6) is -1.77. The monoisotopic (exact) mass is 514 g/mol. The van der Waals surface area contributed by atoms with Gasteiger partial charge in [0.1, 0.15) is 0 Å². The van der Waals surface area contributed by atoms with Gasteiger partial charge < -0.3 is 0 Å². The second kappa shape index (κ2) is 11.9. The highest BCUT2D eigenvalue weighted by Gasteiger charge is 2.41. The van der Waals surface area contributed by atoms with Crippen molar-refractivity contribution in [3.05, 3.63) is 178 Å². The van der Waals surface area contributed by atoms with Crippen LogP contribution in [0.25, 0.3) is 0 Å². The lowest BCUT2D eigenvalue weighted by atomic mass is 9.67. The molecule has 2 nitrogen and oxygen atoms in total. The van der Waals surface area contributed by atoms with Crippen molar-refractivity contribution in [1.29, 1.82) is 0 Å². The lowest BCUT2D eigenvalue weighted by molar-refractivity contribution is 0.0899. The van der Waals surface area contributed by atoms with Crippen LogP contribution in [0, 0.1) is 0 Å². The van der Waals surface area contributed by atoms with Gasteiger partial charge in [0.2, 0.25) is 0 Å². The van der Waals surface area contributed by atoms with Crippen molar-refractivity contribution >= 4 is 23.2 Å². The summed E-state index contributed by atoms with van der Waals surface area (Å²) in [5.41, 5.74) is 3.83. The maximum absolute atomic E-state index is 14.4. The van der Waals surface area contributed by atoms with Crippen molar-refractivity contribution in [2.45, 2.75) is 17.8 Å². The number of halogens is 1. The Morgan fingerprint density at radius 1 is 0.421 bits per heavy atom. The summed E-state index contributed by atoms with van der Waals surface area (Å²) in [4.78, 5) is 28.8. The maximum atomic E-state index is 14.4. The predicted octanol–water partition coefficient (Wildman–Crippen LogP) is 8.76. The summed E-state index contributed by atoms with van der Waals surface area (Å²) in [6.45, 7) is 0. The van der Waals surface area contributed by atoms with Crippen molar-refractivity contribution < 1.29 is 9.59 Å². The van der Waals surface area contributed by atoms with Crippen LogP contribution in [0.5, 0.6) is 0 Å². The van der Waals surface area contributed by atoms with Gasteiger partial charge >= 0.3 is 0 Å². The minimum Gasteiger partial charge on any atom is -0.293 e. The zero-order valence-electron chi connectivity index (χ0n) is 20.8. The minimum atomic E-state index is -0.613. The van der Waals surface area contributed by atoms with Crippen LogP contribution in [0.3, 0.4) is 0 Å². The van der Waals surface area contributed by atoms with E-state index in [0.29, 0.717) is 16.1 Å². The number of hydrogen-bond donors (Lipinski definition) is 0. The lowest BCUT2D eigenvalue weighted by Gasteiger charge is -2.34. The zero-order chi connectivity index (χ0) is 26.3. The summed E-state index contributed by atoms with van der Waals surface area (Å²) in [5, 5.41) is 0.601. The molecule has 0 aromatic heterocycles. The Bertz CT molecular complexity index is 1390. The first-order chi connectivity index (χ1) is 18.6. The number of hydrogen-bond acceptors (Lipinski definition) is 2. The van der Waals surface area contributed by atoms with Gasteiger partial charge in [-0.05, 0) is 28.8 Å². The molecule has 0 fully saturated rings. The van der Waals surface area contributed by atoms with Crippen molar-refractivity contribution in [2.75, 3.05) is 0 Å². The number of carbonyl (C=O) groups excluding carboxylic acids is 2. The van der Waals surface area contributed by atoms with E-state index >= 15 is 0 Å². The molecular weight excluding hydrogens is 488 g/mol. The van der Waals surface area contributed by atoms with Crippen LogP contribution < -0.4 is 0 Å². The van der Waals surface area contributed by atoms with Crippen molar-refractivity contribution in [1.82, 2.24) is 0 Å². The summed E-state index contributed by atoms with van der Waals surface area (Å²) in [6.07, 6.45) is 0. The Morgan fingerprint density at radius 3 is 1.13 bits per heavy atom. The normalized spacial score (nSPS) is 13.3. The number of ketones is 2. The van der Waals surface area contributed by atoms with E-state index in [1.807, 2.05) is 146 Å². The molecule has 3 heteroatoms. The maximum Gasteiger partial charge on any atom is 0.170 e. The largest absolute Gasteiger partial charge is 0.293 e. The molecule has 0 radical (unpaired) electrons. The molecule has 0 amide bonds. The van der Waals surface area contributed by atoms with E-state index in [1.165, 1.54) is 0 Å². The van der Waals surface area contributed by atoms with E-state index in [4.69, 9.17) is 11.6 Å². The van der Waals surface area contributed by atoms with E-state index < -0.39 is 17.8 Å². The summed E-state index contributed by atoms with van der Waals surface area (Å²) >= 11 is 6.29. The van der Waals surface area contributed by atoms with Crippen LogP contribution in [0.1, 0.15) is 55.2 Å². The highest BCUT2D eigenvalue weighted by Crippen LogP contribution is 2.46. The minimum absolute atomic E-state index is 0.0291. The number of benzene rings is 5. The number of Topliss-reactive ketones (excluding diaryl/α,β-unsaturated/α-hetero) is 2. The Morgan fingerprint density at radius 2 is 0.763 bits per heavy atom. The van der Waals surface area contributed by atoms with Crippen molar-refractivity contribution in [3.63, 3.8) is 0 Å². The molecule has 0 heterocycles. The average Bonchev–Trinajstić information content (AvgIpc) is 2.99. The lowest BCUT2D eigenvalue weighted by Crippen LogP contribution is -2.30. The molecule has 1 unspecified atom stereocenters. The third kappa shape index (κ3) is 5.51. The van der Waals surface area contributed by atoms with Gasteiger partial charge in [0.15, 0.2) is 11.6 Å². The third-order valence-corrected chi connectivity index (χ3v) is 7.22. The molecule has 0 N–H and O–H groups in total. The molecule has 0 saturated carbocycles. The SMILES string of the molecule is O=C(c1ccccc1)[C@H](c1ccccc1)C(c1ccc(Cl)cc1)[C@@H](C(=O)c1ccccc1)c1ccccc1. The molecule has 0 bridgehead atoms. The molecule has 5 rings (SSSR count). The molecule has 0 aliphatic carbocycles. The standard InChI is InChI=1S/C35H27ClO2/c36-30-23-21-27(22-24-30)31(32(25-13-5-1-6-14-25)34(37)28-17-9-3-10-18-28)33(26-15-7-2-8-16-26)35(38)29-19-11-4-12-20-29/h1-24,31-33H/t31?,32-,33+. The Kier molecular flexibility index (Phi) is 7.92. The number of carbonyl (C=O) groups is 2. The van der Waals surface area contributed by atoms with E-state index in [0.717, 1.165) is 16.7 Å². The molecule has 0 saturated heterocycles. The van der Waals surface area contributed by atoms with Crippen LogP contribution >= 0.6 is 11.6 Å². The molecule has 0 aliphatic rings. The van der Waals surface area contributed by atoms with Gasteiger partial charge in [-0.3, -0.25) is 9.59 Å². The second-order valence-corrected chi connectivity index (χ2v) is 9.75. The zero-order valence-corrected chi connectivity index (χ0v) is 21.5. The van der Waals surface area contributed by atoms with Gasteiger partial charge in [0, 0.05) is 22.1 Å². The Labute approximate surface area is 228 Å². The smallest absolute Gasteiger partial charge is 0.170 e. The van der Waals surface area contributed by atoms with Crippen LogP contribution in [-0.4, -0.2) is 11.6 Å². The summed E-state index contributed by atoms with van der Waals surface area (Å²) in [7, 11) is 0. The fraction of sp³-hybridized carbons (Fsp3) is 0.0857. The molecule has 5 aromatic rings. The van der Waals surface area contributed by atoms with Gasteiger partial charge in [-0.15, -0.1) is 0 Å². The topological polar surface area (TPSA) is 34.1 Å². The van der Waals surface area contributed by atoms with Gasteiger partial charge in [-0.25, -0.2) is 0 Å². The van der Waals surface area contributed by atoms with E-state index in [2.05, 4.69) is 0 Å².